The van der Waals surface area contributed by atoms with Gasteiger partial charge in [0.05, 0.1) is 29.9 Å². The number of esters is 1. The van der Waals surface area contributed by atoms with Gasteiger partial charge in [-0.15, -0.1) is 0 Å². The molecule has 1 aliphatic heterocycles. The molecule has 1 aliphatic rings. The van der Waals surface area contributed by atoms with Crippen molar-refractivity contribution in [2.75, 3.05) is 18.6 Å². The summed E-state index contributed by atoms with van der Waals surface area (Å²) in [5.74, 6) is -0.298. The van der Waals surface area contributed by atoms with Crippen LogP contribution in [0.15, 0.2) is 36.7 Å². The monoisotopic (exact) mass is 322 g/mol. The topological polar surface area (TPSA) is 60.2 Å². The highest BCUT2D eigenvalue weighted by Crippen LogP contribution is 2.30. The lowest BCUT2D eigenvalue weighted by Crippen LogP contribution is -2.30. The van der Waals surface area contributed by atoms with E-state index in [-0.39, 0.29) is 5.97 Å². The molecule has 6 heteroatoms. The van der Waals surface area contributed by atoms with Gasteiger partial charge in [0.1, 0.15) is 0 Å². The number of benzene rings is 1. The van der Waals surface area contributed by atoms with Crippen LogP contribution < -0.4 is 4.90 Å². The standard InChI is InChI=1S/C18H18N4O2/c1-21-17-15(10-20-21)16(5-7-19-17)22-8-6-12-3-4-13(18(23)24-2)9-14(12)11-22/h3-5,7,9-10H,6,8,11H2,1-2H3. The van der Waals surface area contributed by atoms with Crippen LogP contribution in [0.2, 0.25) is 0 Å². The number of carbonyl (C=O) groups excluding carboxylic acids is 1. The second kappa shape index (κ2) is 5.63. The summed E-state index contributed by atoms with van der Waals surface area (Å²) in [4.78, 5) is 18.5. The number of hydrogen-bond donors (Lipinski definition) is 0. The van der Waals surface area contributed by atoms with Crippen molar-refractivity contribution in [3.63, 3.8) is 0 Å². The van der Waals surface area contributed by atoms with Crippen LogP contribution >= 0.6 is 0 Å². The lowest BCUT2D eigenvalue weighted by molar-refractivity contribution is 0.0600. The summed E-state index contributed by atoms with van der Waals surface area (Å²) < 4.78 is 6.61. The van der Waals surface area contributed by atoms with E-state index in [1.807, 2.05) is 43.7 Å². The van der Waals surface area contributed by atoms with Gasteiger partial charge in [0.2, 0.25) is 0 Å². The maximum atomic E-state index is 11.8. The van der Waals surface area contributed by atoms with Crippen molar-refractivity contribution in [2.45, 2.75) is 13.0 Å². The van der Waals surface area contributed by atoms with Crippen LogP contribution in [0.1, 0.15) is 21.5 Å². The molecule has 0 spiro atoms. The lowest BCUT2D eigenvalue weighted by Gasteiger charge is -2.31. The van der Waals surface area contributed by atoms with E-state index < -0.39 is 0 Å². The zero-order valence-electron chi connectivity index (χ0n) is 13.7. The van der Waals surface area contributed by atoms with E-state index in [1.165, 1.54) is 12.7 Å². The van der Waals surface area contributed by atoms with Crippen molar-refractivity contribution in [1.29, 1.82) is 0 Å². The van der Waals surface area contributed by atoms with Crippen LogP contribution in [0.4, 0.5) is 5.69 Å². The fourth-order valence-electron chi connectivity index (χ4n) is 3.32. The van der Waals surface area contributed by atoms with Crippen molar-refractivity contribution in [1.82, 2.24) is 14.8 Å². The normalized spacial score (nSPS) is 13.8. The summed E-state index contributed by atoms with van der Waals surface area (Å²) in [5.41, 5.74) is 5.05. The summed E-state index contributed by atoms with van der Waals surface area (Å²) in [6, 6.07) is 7.84. The highest BCUT2D eigenvalue weighted by molar-refractivity contribution is 5.90. The Labute approximate surface area is 139 Å². The Morgan fingerprint density at radius 2 is 2.12 bits per heavy atom. The number of fused-ring (bicyclic) bond motifs is 2. The first-order valence-corrected chi connectivity index (χ1v) is 7.89. The summed E-state index contributed by atoms with van der Waals surface area (Å²) in [6.45, 7) is 1.69. The van der Waals surface area contributed by atoms with Crippen LogP contribution in [0.3, 0.4) is 0 Å². The molecule has 0 saturated heterocycles. The largest absolute Gasteiger partial charge is 0.465 e. The van der Waals surface area contributed by atoms with Gasteiger partial charge < -0.3 is 9.64 Å². The molecule has 4 rings (SSSR count). The molecular weight excluding hydrogens is 304 g/mol. The van der Waals surface area contributed by atoms with Gasteiger partial charge in [-0.3, -0.25) is 4.68 Å². The molecule has 3 aromatic rings. The van der Waals surface area contributed by atoms with E-state index in [0.29, 0.717) is 5.56 Å². The maximum Gasteiger partial charge on any atom is 0.337 e. The highest BCUT2D eigenvalue weighted by Gasteiger charge is 2.20. The molecule has 0 radical (unpaired) electrons. The Balaban J connectivity index is 1.71. The van der Waals surface area contributed by atoms with E-state index >= 15 is 0 Å². The number of hydrogen-bond acceptors (Lipinski definition) is 5. The van der Waals surface area contributed by atoms with Gasteiger partial charge in [-0.25, -0.2) is 9.78 Å². The van der Waals surface area contributed by atoms with Crippen molar-refractivity contribution >= 4 is 22.7 Å². The minimum atomic E-state index is -0.298. The van der Waals surface area contributed by atoms with E-state index in [0.717, 1.165) is 41.8 Å². The molecule has 2 aromatic heterocycles. The van der Waals surface area contributed by atoms with Crippen LogP contribution in [-0.2, 0) is 24.8 Å². The van der Waals surface area contributed by atoms with Crippen molar-refractivity contribution in [2.24, 2.45) is 7.05 Å². The van der Waals surface area contributed by atoms with Crippen molar-refractivity contribution < 1.29 is 9.53 Å². The third kappa shape index (κ3) is 2.31. The summed E-state index contributed by atoms with van der Waals surface area (Å²) in [7, 11) is 3.30. The first-order valence-electron chi connectivity index (χ1n) is 7.89. The number of methoxy groups -OCH3 is 1. The average molecular weight is 322 g/mol. The maximum absolute atomic E-state index is 11.8. The molecule has 0 amide bonds. The SMILES string of the molecule is COC(=O)c1ccc2c(c1)CN(c1ccnc3c1cnn3C)CC2. The molecule has 0 aliphatic carbocycles. The second-order valence-corrected chi connectivity index (χ2v) is 5.98. The minimum absolute atomic E-state index is 0.298. The zero-order chi connectivity index (χ0) is 16.7. The number of nitrogens with zero attached hydrogens (tertiary/aromatic N) is 4. The Hall–Kier alpha value is -2.89. The minimum Gasteiger partial charge on any atom is -0.465 e. The van der Waals surface area contributed by atoms with Crippen molar-refractivity contribution in [3.8, 4) is 0 Å². The molecule has 6 nitrogen and oxygen atoms in total. The van der Waals surface area contributed by atoms with Crippen LogP contribution in [0, 0.1) is 0 Å². The Morgan fingerprint density at radius 3 is 2.96 bits per heavy atom. The zero-order valence-corrected chi connectivity index (χ0v) is 13.7. The van der Waals surface area contributed by atoms with Crippen LogP contribution in [0.25, 0.3) is 11.0 Å². The van der Waals surface area contributed by atoms with E-state index in [2.05, 4.69) is 15.0 Å². The first kappa shape index (κ1) is 14.7. The highest BCUT2D eigenvalue weighted by atomic mass is 16.5. The Kier molecular flexibility index (Phi) is 3.45. The molecule has 0 unspecified atom stereocenters. The number of pyridine rings is 1. The van der Waals surface area contributed by atoms with Gasteiger partial charge in [-0.1, -0.05) is 6.07 Å². The summed E-state index contributed by atoms with van der Waals surface area (Å²) in [5, 5.41) is 5.36. The molecule has 0 atom stereocenters. The third-order valence-corrected chi connectivity index (χ3v) is 4.59. The fourth-order valence-corrected chi connectivity index (χ4v) is 3.32. The van der Waals surface area contributed by atoms with E-state index in [9.17, 15) is 4.79 Å². The second-order valence-electron chi connectivity index (χ2n) is 5.98. The van der Waals surface area contributed by atoms with Crippen LogP contribution in [0.5, 0.6) is 0 Å². The number of aryl methyl sites for hydroxylation is 1. The molecule has 0 fully saturated rings. The molecule has 3 heterocycles. The predicted octanol–water partition coefficient (Wildman–Crippen LogP) is 2.32. The third-order valence-electron chi connectivity index (χ3n) is 4.59. The summed E-state index contributed by atoms with van der Waals surface area (Å²) >= 11 is 0. The van der Waals surface area contributed by atoms with Gasteiger partial charge >= 0.3 is 5.97 Å². The lowest BCUT2D eigenvalue weighted by atomic mass is 9.97. The molecule has 122 valence electrons. The van der Waals surface area contributed by atoms with Crippen LogP contribution in [-0.4, -0.2) is 34.4 Å². The van der Waals surface area contributed by atoms with Crippen molar-refractivity contribution in [3.05, 3.63) is 53.3 Å². The Bertz CT molecular complexity index is 932. The fraction of sp³-hybridized carbons (Fsp3) is 0.278. The molecule has 24 heavy (non-hydrogen) atoms. The van der Waals surface area contributed by atoms with Gasteiger partial charge in [-0.05, 0) is 35.7 Å². The average Bonchev–Trinajstić information content (AvgIpc) is 3.01. The first-order chi connectivity index (χ1) is 11.7. The smallest absolute Gasteiger partial charge is 0.337 e. The molecule has 0 saturated carbocycles. The number of rotatable bonds is 2. The number of anilines is 1. The number of aromatic nitrogens is 3. The molecule has 1 aromatic carbocycles. The Morgan fingerprint density at radius 1 is 1.25 bits per heavy atom. The van der Waals surface area contributed by atoms with E-state index in [4.69, 9.17) is 4.74 Å². The molecule has 0 bridgehead atoms. The molecular formula is C18H18N4O2. The number of carbonyl (C=O) groups is 1. The van der Waals surface area contributed by atoms with Gasteiger partial charge in [-0.2, -0.15) is 5.10 Å². The predicted molar refractivity (Wildman–Crippen MR) is 91.0 cm³/mol. The van der Waals surface area contributed by atoms with E-state index in [1.54, 1.807) is 4.68 Å². The number of ether oxygens (including phenoxy) is 1. The summed E-state index contributed by atoms with van der Waals surface area (Å²) in [6.07, 6.45) is 4.62. The van der Waals surface area contributed by atoms with Gasteiger partial charge in [0, 0.05) is 26.3 Å². The molecule has 0 N–H and O–H groups in total. The van der Waals surface area contributed by atoms with Gasteiger partial charge in [0.25, 0.3) is 0 Å². The van der Waals surface area contributed by atoms with Gasteiger partial charge in [0.15, 0.2) is 5.65 Å². The quantitative estimate of drug-likeness (QED) is 0.678.